The largest absolute Gasteiger partial charge is 0.378 e. The van der Waals surface area contributed by atoms with E-state index in [1.807, 2.05) is 12.1 Å². The van der Waals surface area contributed by atoms with Gasteiger partial charge in [0, 0.05) is 28.7 Å². The maximum absolute atomic E-state index is 12.5. The van der Waals surface area contributed by atoms with Gasteiger partial charge in [-0.15, -0.1) is 0 Å². The predicted octanol–water partition coefficient (Wildman–Crippen LogP) is 4.35. The summed E-state index contributed by atoms with van der Waals surface area (Å²) in [6.07, 6.45) is 2.48. The number of carbonyl (C=O) groups is 1. The van der Waals surface area contributed by atoms with Crippen LogP contribution in [0.2, 0.25) is 0 Å². The molecule has 3 nitrogen and oxygen atoms in total. The third-order valence-electron chi connectivity index (χ3n) is 4.66. The summed E-state index contributed by atoms with van der Waals surface area (Å²) in [4.78, 5) is 12.5. The first-order chi connectivity index (χ1) is 10.5. The SMILES string of the molecule is Cc1ccc(NCC(=O)c2cc(C)n(C3CC3)c2C)cc1C. The number of benzene rings is 1. The lowest BCUT2D eigenvalue weighted by Gasteiger charge is -2.09. The van der Waals surface area contributed by atoms with E-state index in [1.54, 1.807) is 0 Å². The molecule has 22 heavy (non-hydrogen) atoms. The lowest BCUT2D eigenvalue weighted by Crippen LogP contribution is -2.15. The van der Waals surface area contributed by atoms with Gasteiger partial charge in [0.25, 0.3) is 0 Å². The van der Waals surface area contributed by atoms with Crippen LogP contribution in [0.5, 0.6) is 0 Å². The van der Waals surface area contributed by atoms with Gasteiger partial charge in [0.15, 0.2) is 5.78 Å². The molecule has 0 unspecified atom stereocenters. The Balaban J connectivity index is 1.72. The molecular formula is C19H24N2O. The number of nitrogens with one attached hydrogen (secondary N) is 1. The normalized spacial score (nSPS) is 14.2. The Morgan fingerprint density at radius 2 is 1.86 bits per heavy atom. The van der Waals surface area contributed by atoms with Crippen molar-refractivity contribution in [3.8, 4) is 0 Å². The maximum atomic E-state index is 12.5. The van der Waals surface area contributed by atoms with Crippen molar-refractivity contribution in [2.45, 2.75) is 46.6 Å². The van der Waals surface area contributed by atoms with Crippen LogP contribution in [-0.4, -0.2) is 16.9 Å². The molecule has 0 bridgehead atoms. The van der Waals surface area contributed by atoms with Crippen molar-refractivity contribution in [2.24, 2.45) is 0 Å². The number of anilines is 1. The van der Waals surface area contributed by atoms with Gasteiger partial charge in [-0.2, -0.15) is 0 Å². The van der Waals surface area contributed by atoms with Gasteiger partial charge >= 0.3 is 0 Å². The molecule has 1 heterocycles. The highest BCUT2D eigenvalue weighted by molar-refractivity contribution is 6.00. The fourth-order valence-corrected chi connectivity index (χ4v) is 3.08. The number of hydrogen-bond acceptors (Lipinski definition) is 2. The van der Waals surface area contributed by atoms with E-state index in [9.17, 15) is 4.79 Å². The van der Waals surface area contributed by atoms with Crippen molar-refractivity contribution < 1.29 is 4.79 Å². The van der Waals surface area contributed by atoms with Gasteiger partial charge in [0.1, 0.15) is 0 Å². The van der Waals surface area contributed by atoms with E-state index in [-0.39, 0.29) is 5.78 Å². The van der Waals surface area contributed by atoms with E-state index >= 15 is 0 Å². The Morgan fingerprint density at radius 3 is 2.50 bits per heavy atom. The van der Waals surface area contributed by atoms with Gasteiger partial charge in [-0.05, 0) is 69.9 Å². The van der Waals surface area contributed by atoms with E-state index in [4.69, 9.17) is 0 Å². The molecule has 1 fully saturated rings. The van der Waals surface area contributed by atoms with Crippen LogP contribution >= 0.6 is 0 Å². The molecule has 3 heteroatoms. The molecule has 0 aliphatic heterocycles. The number of aryl methyl sites for hydroxylation is 3. The summed E-state index contributed by atoms with van der Waals surface area (Å²) in [6.45, 7) is 8.69. The Hall–Kier alpha value is -2.03. The average molecular weight is 296 g/mol. The van der Waals surface area contributed by atoms with Crippen LogP contribution in [0.15, 0.2) is 24.3 Å². The first-order valence-corrected chi connectivity index (χ1v) is 8.00. The smallest absolute Gasteiger partial charge is 0.183 e. The lowest BCUT2D eigenvalue weighted by atomic mass is 10.1. The number of Topliss-reactive ketones (excluding diaryl/α,β-unsaturated/α-hetero) is 1. The number of aromatic nitrogens is 1. The van der Waals surface area contributed by atoms with Crippen LogP contribution in [0.25, 0.3) is 0 Å². The van der Waals surface area contributed by atoms with Gasteiger partial charge in [-0.1, -0.05) is 6.07 Å². The second-order valence-corrected chi connectivity index (χ2v) is 6.46. The molecule has 1 N–H and O–H groups in total. The van der Waals surface area contributed by atoms with Crippen LogP contribution in [-0.2, 0) is 0 Å². The van der Waals surface area contributed by atoms with Crippen molar-refractivity contribution in [3.05, 3.63) is 52.3 Å². The standard InChI is InChI=1S/C19H24N2O/c1-12-5-6-16(9-13(12)2)20-11-19(22)18-10-14(3)21(15(18)4)17-7-8-17/h5-6,9-10,17,20H,7-8,11H2,1-4H3. The predicted molar refractivity (Wildman–Crippen MR) is 90.9 cm³/mol. The zero-order valence-corrected chi connectivity index (χ0v) is 13.9. The van der Waals surface area contributed by atoms with Crippen LogP contribution < -0.4 is 5.32 Å². The molecule has 1 aromatic carbocycles. The first-order valence-electron chi connectivity index (χ1n) is 8.00. The van der Waals surface area contributed by atoms with Gasteiger partial charge in [0.05, 0.1) is 6.54 Å². The molecule has 0 radical (unpaired) electrons. The average Bonchev–Trinajstić information content (AvgIpc) is 3.26. The summed E-state index contributed by atoms with van der Waals surface area (Å²) in [5, 5.41) is 3.25. The first kappa shape index (κ1) is 14.9. The van der Waals surface area contributed by atoms with Crippen molar-refractivity contribution in [2.75, 3.05) is 11.9 Å². The van der Waals surface area contributed by atoms with E-state index in [0.29, 0.717) is 12.6 Å². The van der Waals surface area contributed by atoms with Crippen molar-refractivity contribution in [1.82, 2.24) is 4.57 Å². The van der Waals surface area contributed by atoms with Gasteiger partial charge in [-0.3, -0.25) is 4.79 Å². The van der Waals surface area contributed by atoms with Crippen LogP contribution in [0.4, 0.5) is 5.69 Å². The lowest BCUT2D eigenvalue weighted by molar-refractivity contribution is 0.101. The van der Waals surface area contributed by atoms with Gasteiger partial charge < -0.3 is 9.88 Å². The summed E-state index contributed by atoms with van der Waals surface area (Å²) in [6, 6.07) is 8.87. The zero-order chi connectivity index (χ0) is 15.9. The van der Waals surface area contributed by atoms with E-state index in [0.717, 1.165) is 16.9 Å². The maximum Gasteiger partial charge on any atom is 0.183 e. The Labute approximate surface area is 132 Å². The molecular weight excluding hydrogens is 272 g/mol. The van der Waals surface area contributed by atoms with Gasteiger partial charge in [-0.25, -0.2) is 0 Å². The summed E-state index contributed by atoms with van der Waals surface area (Å²) < 4.78 is 2.32. The number of rotatable bonds is 5. The molecule has 0 saturated heterocycles. The number of ketones is 1. The molecule has 116 valence electrons. The van der Waals surface area contributed by atoms with Crippen molar-refractivity contribution in [3.63, 3.8) is 0 Å². The summed E-state index contributed by atoms with van der Waals surface area (Å²) in [7, 11) is 0. The molecule has 0 amide bonds. The van der Waals surface area contributed by atoms with Crippen molar-refractivity contribution in [1.29, 1.82) is 0 Å². The minimum atomic E-state index is 0.165. The second kappa shape index (κ2) is 5.64. The van der Waals surface area contributed by atoms with Crippen molar-refractivity contribution >= 4 is 11.5 Å². The molecule has 3 rings (SSSR count). The Bertz CT molecular complexity index is 723. The molecule has 1 saturated carbocycles. The molecule has 1 aromatic heterocycles. The summed E-state index contributed by atoms with van der Waals surface area (Å²) >= 11 is 0. The molecule has 1 aliphatic carbocycles. The number of nitrogens with zero attached hydrogens (tertiary/aromatic N) is 1. The van der Waals surface area contributed by atoms with Crippen LogP contribution in [0.3, 0.4) is 0 Å². The second-order valence-electron chi connectivity index (χ2n) is 6.46. The topological polar surface area (TPSA) is 34.0 Å². The fourth-order valence-electron chi connectivity index (χ4n) is 3.08. The quantitative estimate of drug-likeness (QED) is 0.832. The van der Waals surface area contributed by atoms with E-state index in [1.165, 1.54) is 29.7 Å². The highest BCUT2D eigenvalue weighted by Crippen LogP contribution is 2.38. The molecule has 1 aliphatic rings. The number of carbonyl (C=O) groups excluding carboxylic acids is 1. The van der Waals surface area contributed by atoms with E-state index in [2.05, 4.69) is 49.7 Å². The minimum Gasteiger partial charge on any atom is -0.378 e. The molecule has 0 atom stereocenters. The third-order valence-corrected chi connectivity index (χ3v) is 4.66. The number of hydrogen-bond donors (Lipinski definition) is 1. The van der Waals surface area contributed by atoms with Gasteiger partial charge in [0.2, 0.25) is 0 Å². The van der Waals surface area contributed by atoms with Crippen LogP contribution in [0, 0.1) is 27.7 Å². The Morgan fingerprint density at radius 1 is 1.14 bits per heavy atom. The molecule has 2 aromatic rings. The van der Waals surface area contributed by atoms with E-state index < -0.39 is 0 Å². The van der Waals surface area contributed by atoms with Crippen LogP contribution in [0.1, 0.15) is 51.8 Å². The minimum absolute atomic E-state index is 0.165. The Kier molecular flexibility index (Phi) is 3.81. The monoisotopic (exact) mass is 296 g/mol. The highest BCUT2D eigenvalue weighted by atomic mass is 16.1. The molecule has 0 spiro atoms. The fraction of sp³-hybridized carbons (Fsp3) is 0.421. The third kappa shape index (κ3) is 2.80. The highest BCUT2D eigenvalue weighted by Gasteiger charge is 2.28. The summed E-state index contributed by atoms with van der Waals surface area (Å²) in [5.74, 6) is 0.165. The zero-order valence-electron chi connectivity index (χ0n) is 13.9. The summed E-state index contributed by atoms with van der Waals surface area (Å²) in [5.41, 5.74) is 6.70.